The van der Waals surface area contributed by atoms with Gasteiger partial charge in [-0.25, -0.2) is 24.1 Å². The van der Waals surface area contributed by atoms with Crippen LogP contribution in [0.2, 0.25) is 0 Å². The third kappa shape index (κ3) is 9.14. The van der Waals surface area contributed by atoms with Crippen molar-refractivity contribution in [2.24, 2.45) is 0 Å². The number of esters is 2. The standard InChI is InChI=1S/C16H24N2O7/c1-6-23-16(22)18(8-10-25-14(20)12(4)5)15(21)17-7-9-24-13(19)11(2)3/h2,4,6-10H2,1,3,5H3,(H,17,21). The van der Waals surface area contributed by atoms with E-state index in [1.807, 2.05) is 0 Å². The van der Waals surface area contributed by atoms with E-state index in [1.165, 1.54) is 13.8 Å². The van der Waals surface area contributed by atoms with E-state index in [0.717, 1.165) is 4.90 Å². The topological polar surface area (TPSA) is 111 Å². The molecule has 0 heterocycles. The van der Waals surface area contributed by atoms with Crippen LogP contribution in [0.15, 0.2) is 24.3 Å². The zero-order valence-electron chi connectivity index (χ0n) is 14.8. The molecule has 0 bridgehead atoms. The van der Waals surface area contributed by atoms with Gasteiger partial charge in [-0.05, 0) is 20.8 Å². The van der Waals surface area contributed by atoms with Crippen LogP contribution >= 0.6 is 0 Å². The van der Waals surface area contributed by atoms with Crippen molar-refractivity contribution in [1.29, 1.82) is 0 Å². The summed E-state index contributed by atoms with van der Waals surface area (Å²) in [7, 11) is 0. The van der Waals surface area contributed by atoms with Gasteiger partial charge in [-0.15, -0.1) is 0 Å². The average Bonchev–Trinajstić information content (AvgIpc) is 2.54. The molecule has 0 aliphatic carbocycles. The molecule has 3 amide bonds. The van der Waals surface area contributed by atoms with Gasteiger partial charge in [-0.2, -0.15) is 0 Å². The minimum Gasteiger partial charge on any atom is -0.460 e. The lowest BCUT2D eigenvalue weighted by Gasteiger charge is -2.20. The van der Waals surface area contributed by atoms with Gasteiger partial charge in [0.05, 0.1) is 19.7 Å². The van der Waals surface area contributed by atoms with Crippen LogP contribution in [0.3, 0.4) is 0 Å². The highest BCUT2D eigenvalue weighted by Gasteiger charge is 2.23. The molecule has 0 saturated carbocycles. The number of carbonyl (C=O) groups excluding carboxylic acids is 4. The summed E-state index contributed by atoms with van der Waals surface area (Å²) in [5, 5.41) is 2.40. The maximum atomic E-state index is 12.0. The zero-order valence-corrected chi connectivity index (χ0v) is 14.8. The molecule has 25 heavy (non-hydrogen) atoms. The number of amides is 3. The number of urea groups is 1. The van der Waals surface area contributed by atoms with Crippen LogP contribution in [0.5, 0.6) is 0 Å². The molecule has 0 aliphatic heterocycles. The van der Waals surface area contributed by atoms with Gasteiger partial charge in [0.25, 0.3) is 0 Å². The Morgan fingerprint density at radius 1 is 0.920 bits per heavy atom. The molecule has 9 heteroatoms. The van der Waals surface area contributed by atoms with E-state index in [9.17, 15) is 19.2 Å². The first-order chi connectivity index (χ1) is 11.7. The fourth-order valence-electron chi connectivity index (χ4n) is 1.35. The highest BCUT2D eigenvalue weighted by Crippen LogP contribution is 1.98. The molecule has 1 N–H and O–H groups in total. The maximum absolute atomic E-state index is 12.0. The lowest BCUT2D eigenvalue weighted by molar-refractivity contribution is -0.139. The van der Waals surface area contributed by atoms with Gasteiger partial charge in [-0.3, -0.25) is 0 Å². The van der Waals surface area contributed by atoms with Crippen molar-refractivity contribution in [2.75, 3.05) is 32.9 Å². The third-order valence-corrected chi connectivity index (χ3v) is 2.59. The monoisotopic (exact) mass is 356 g/mol. The normalized spacial score (nSPS) is 9.56. The van der Waals surface area contributed by atoms with Crippen molar-refractivity contribution in [1.82, 2.24) is 10.2 Å². The fourth-order valence-corrected chi connectivity index (χ4v) is 1.35. The van der Waals surface area contributed by atoms with Crippen molar-refractivity contribution in [2.45, 2.75) is 20.8 Å². The number of nitrogens with zero attached hydrogens (tertiary/aromatic N) is 1. The van der Waals surface area contributed by atoms with Crippen LogP contribution < -0.4 is 5.32 Å². The molecule has 0 rings (SSSR count). The van der Waals surface area contributed by atoms with Crippen molar-refractivity contribution in [3.63, 3.8) is 0 Å². The molecule has 140 valence electrons. The molecular formula is C16H24N2O7. The van der Waals surface area contributed by atoms with Gasteiger partial charge >= 0.3 is 24.1 Å². The number of nitrogens with one attached hydrogen (secondary N) is 1. The van der Waals surface area contributed by atoms with Crippen molar-refractivity contribution >= 4 is 24.1 Å². The van der Waals surface area contributed by atoms with E-state index in [0.29, 0.717) is 0 Å². The molecule has 0 aromatic carbocycles. The number of carbonyl (C=O) groups is 4. The van der Waals surface area contributed by atoms with Crippen LogP contribution in [0.4, 0.5) is 9.59 Å². The van der Waals surface area contributed by atoms with Crippen LogP contribution in [-0.2, 0) is 23.8 Å². The second-order valence-electron chi connectivity index (χ2n) is 4.91. The van der Waals surface area contributed by atoms with E-state index < -0.39 is 24.1 Å². The molecular weight excluding hydrogens is 332 g/mol. The Morgan fingerprint density at radius 2 is 1.44 bits per heavy atom. The Labute approximate surface area is 146 Å². The Balaban J connectivity index is 4.49. The summed E-state index contributed by atoms with van der Waals surface area (Å²) in [6, 6.07) is -0.767. The summed E-state index contributed by atoms with van der Waals surface area (Å²) >= 11 is 0. The van der Waals surface area contributed by atoms with Gasteiger partial charge in [0.15, 0.2) is 0 Å². The first-order valence-corrected chi connectivity index (χ1v) is 7.58. The molecule has 0 fully saturated rings. The fraction of sp³-hybridized carbons (Fsp3) is 0.500. The van der Waals surface area contributed by atoms with E-state index >= 15 is 0 Å². The lowest BCUT2D eigenvalue weighted by atomic mass is 10.4. The highest BCUT2D eigenvalue weighted by molar-refractivity contribution is 5.91. The van der Waals surface area contributed by atoms with Crippen LogP contribution in [0.1, 0.15) is 20.8 Å². The molecule has 0 aliphatic rings. The second kappa shape index (κ2) is 11.7. The van der Waals surface area contributed by atoms with Crippen LogP contribution in [0.25, 0.3) is 0 Å². The Morgan fingerprint density at radius 3 is 1.92 bits per heavy atom. The number of rotatable bonds is 9. The number of hydrogen-bond acceptors (Lipinski definition) is 7. The smallest absolute Gasteiger partial charge is 0.418 e. The molecule has 0 unspecified atom stereocenters. The molecule has 0 aromatic rings. The van der Waals surface area contributed by atoms with Crippen LogP contribution in [-0.4, -0.2) is 61.9 Å². The first kappa shape index (κ1) is 22.2. The lowest BCUT2D eigenvalue weighted by Crippen LogP contribution is -2.46. The summed E-state index contributed by atoms with van der Waals surface area (Å²) < 4.78 is 14.4. The quantitative estimate of drug-likeness (QED) is 0.288. The number of hydrogen-bond donors (Lipinski definition) is 1. The summed E-state index contributed by atoms with van der Waals surface area (Å²) in [6.07, 6.45) is -0.884. The summed E-state index contributed by atoms with van der Waals surface area (Å²) in [5.41, 5.74) is 0.435. The van der Waals surface area contributed by atoms with Crippen LogP contribution in [0, 0.1) is 0 Å². The molecule has 0 spiro atoms. The predicted octanol–water partition coefficient (Wildman–Crippen LogP) is 1.39. The van der Waals surface area contributed by atoms with Crippen molar-refractivity contribution < 1.29 is 33.4 Å². The summed E-state index contributed by atoms with van der Waals surface area (Å²) in [6.45, 7) is 11.0. The second-order valence-corrected chi connectivity index (χ2v) is 4.91. The zero-order chi connectivity index (χ0) is 19.4. The van der Waals surface area contributed by atoms with E-state index in [1.54, 1.807) is 6.92 Å². The van der Waals surface area contributed by atoms with Crippen molar-refractivity contribution in [3.8, 4) is 0 Å². The Bertz CT molecular complexity index is 543. The molecule has 0 saturated heterocycles. The average molecular weight is 356 g/mol. The van der Waals surface area contributed by atoms with Crippen molar-refractivity contribution in [3.05, 3.63) is 24.3 Å². The molecule has 0 radical (unpaired) electrons. The molecule has 9 nitrogen and oxygen atoms in total. The summed E-state index contributed by atoms with van der Waals surface area (Å²) in [4.78, 5) is 47.1. The van der Waals surface area contributed by atoms with Gasteiger partial charge in [0, 0.05) is 11.1 Å². The SMILES string of the molecule is C=C(C)C(=O)OCCNC(=O)N(CCOC(=O)C(=C)C)C(=O)OCC. The first-order valence-electron chi connectivity index (χ1n) is 7.58. The number of ether oxygens (including phenoxy) is 3. The van der Waals surface area contributed by atoms with Gasteiger partial charge in [-0.1, -0.05) is 13.2 Å². The van der Waals surface area contributed by atoms with E-state index in [-0.39, 0.29) is 44.1 Å². The van der Waals surface area contributed by atoms with Gasteiger partial charge in [0.1, 0.15) is 13.2 Å². The predicted molar refractivity (Wildman–Crippen MR) is 88.7 cm³/mol. The third-order valence-electron chi connectivity index (χ3n) is 2.59. The van der Waals surface area contributed by atoms with E-state index in [2.05, 4.69) is 18.5 Å². The Kier molecular flexibility index (Phi) is 10.3. The molecule has 0 aromatic heterocycles. The summed E-state index contributed by atoms with van der Waals surface area (Å²) in [5.74, 6) is -1.21. The minimum atomic E-state index is -0.884. The molecule has 0 atom stereocenters. The highest BCUT2D eigenvalue weighted by atomic mass is 16.6. The maximum Gasteiger partial charge on any atom is 0.418 e. The Hall–Kier alpha value is -2.84. The van der Waals surface area contributed by atoms with E-state index in [4.69, 9.17) is 14.2 Å². The largest absolute Gasteiger partial charge is 0.460 e. The number of imide groups is 1. The van der Waals surface area contributed by atoms with Gasteiger partial charge in [0.2, 0.25) is 0 Å². The van der Waals surface area contributed by atoms with Gasteiger partial charge < -0.3 is 19.5 Å². The minimum absolute atomic E-state index is 0.0146.